The predicted molar refractivity (Wildman–Crippen MR) is 73.3 cm³/mol. The summed E-state index contributed by atoms with van der Waals surface area (Å²) < 4.78 is 0. The van der Waals surface area contributed by atoms with Gasteiger partial charge in [-0.1, -0.05) is 18.2 Å². The number of carboxylic acids is 1. The van der Waals surface area contributed by atoms with Crippen LogP contribution >= 0.6 is 11.3 Å². The Hall–Kier alpha value is -2.18. The van der Waals surface area contributed by atoms with Gasteiger partial charge < -0.3 is 16.2 Å². The number of carbonyl (C=O) groups excluding carboxylic acids is 1. The summed E-state index contributed by atoms with van der Waals surface area (Å²) in [5.74, 6) is -1.53. The molecule has 1 atom stereocenters. The van der Waals surface area contributed by atoms with Gasteiger partial charge in [0.25, 0.3) is 0 Å². The van der Waals surface area contributed by atoms with E-state index in [9.17, 15) is 9.59 Å². The van der Waals surface area contributed by atoms with Gasteiger partial charge in [0, 0.05) is 4.88 Å². The summed E-state index contributed by atoms with van der Waals surface area (Å²) in [6, 6.07) is 8.96. The molecule has 0 fully saturated rings. The molecule has 1 heterocycles. The Labute approximate surface area is 113 Å². The molecular formula is C13H12N2O3S. The second-order valence-electron chi connectivity index (χ2n) is 3.83. The van der Waals surface area contributed by atoms with E-state index in [4.69, 9.17) is 10.8 Å². The summed E-state index contributed by atoms with van der Waals surface area (Å²) in [5, 5.41) is 13.4. The molecule has 98 valence electrons. The van der Waals surface area contributed by atoms with Crippen molar-refractivity contribution in [2.75, 3.05) is 5.32 Å². The third kappa shape index (κ3) is 2.98. The van der Waals surface area contributed by atoms with Crippen molar-refractivity contribution in [1.29, 1.82) is 0 Å². The fourth-order valence-electron chi connectivity index (χ4n) is 1.59. The fourth-order valence-corrected chi connectivity index (χ4v) is 2.31. The lowest BCUT2D eigenvalue weighted by Gasteiger charge is -2.12. The van der Waals surface area contributed by atoms with Crippen molar-refractivity contribution in [3.05, 3.63) is 52.2 Å². The van der Waals surface area contributed by atoms with Crippen LogP contribution < -0.4 is 11.1 Å². The van der Waals surface area contributed by atoms with E-state index in [1.54, 1.807) is 24.3 Å². The summed E-state index contributed by atoms with van der Waals surface area (Å²) >= 11 is 1.38. The average molecular weight is 276 g/mol. The minimum absolute atomic E-state index is 0.0363. The number of anilines is 1. The fraction of sp³-hybridized carbons (Fsp3) is 0.0769. The van der Waals surface area contributed by atoms with E-state index in [1.807, 2.05) is 5.38 Å². The molecule has 1 aromatic heterocycles. The summed E-state index contributed by atoms with van der Waals surface area (Å²) in [7, 11) is 0. The van der Waals surface area contributed by atoms with Crippen molar-refractivity contribution in [2.24, 2.45) is 5.73 Å². The molecule has 0 saturated carbocycles. The molecule has 1 amide bonds. The van der Waals surface area contributed by atoms with E-state index in [0.29, 0.717) is 0 Å². The van der Waals surface area contributed by atoms with Crippen molar-refractivity contribution >= 4 is 28.9 Å². The van der Waals surface area contributed by atoms with Gasteiger partial charge in [-0.2, -0.15) is 0 Å². The highest BCUT2D eigenvalue weighted by Gasteiger charge is 2.19. The van der Waals surface area contributed by atoms with Gasteiger partial charge >= 0.3 is 5.97 Å². The van der Waals surface area contributed by atoms with Crippen LogP contribution in [0.25, 0.3) is 0 Å². The predicted octanol–water partition coefficient (Wildman–Crippen LogP) is 2.08. The number of aromatic carboxylic acids is 1. The molecule has 0 bridgehead atoms. The maximum atomic E-state index is 12.0. The highest BCUT2D eigenvalue weighted by Crippen LogP contribution is 2.20. The highest BCUT2D eigenvalue weighted by atomic mass is 32.1. The van der Waals surface area contributed by atoms with Gasteiger partial charge in [0.15, 0.2) is 0 Å². The number of carbonyl (C=O) groups is 2. The molecular weight excluding hydrogens is 264 g/mol. The second kappa shape index (κ2) is 5.64. The van der Waals surface area contributed by atoms with Crippen molar-refractivity contribution < 1.29 is 14.7 Å². The van der Waals surface area contributed by atoms with Crippen LogP contribution in [-0.2, 0) is 4.79 Å². The zero-order chi connectivity index (χ0) is 13.8. The third-order valence-electron chi connectivity index (χ3n) is 2.55. The maximum absolute atomic E-state index is 12.0. The summed E-state index contributed by atoms with van der Waals surface area (Å²) in [6.45, 7) is 0. The number of hydrogen-bond acceptors (Lipinski definition) is 4. The lowest BCUT2D eigenvalue weighted by atomic mass is 10.1. The highest BCUT2D eigenvalue weighted by molar-refractivity contribution is 7.10. The molecule has 0 aliphatic rings. The van der Waals surface area contributed by atoms with E-state index in [-0.39, 0.29) is 11.3 Å². The van der Waals surface area contributed by atoms with Gasteiger partial charge in [0.1, 0.15) is 6.04 Å². The molecule has 6 heteroatoms. The average Bonchev–Trinajstić information content (AvgIpc) is 2.92. The summed E-state index contributed by atoms with van der Waals surface area (Å²) in [4.78, 5) is 23.7. The SMILES string of the molecule is NC(C(=O)Nc1ccccc1C(=O)O)c1cccs1. The molecule has 0 saturated heterocycles. The van der Waals surface area contributed by atoms with Gasteiger partial charge in [-0.05, 0) is 23.6 Å². The monoisotopic (exact) mass is 276 g/mol. The molecule has 1 unspecified atom stereocenters. The Morgan fingerprint density at radius 2 is 1.95 bits per heavy atom. The summed E-state index contributed by atoms with van der Waals surface area (Å²) in [6.07, 6.45) is 0. The van der Waals surface area contributed by atoms with Gasteiger partial charge in [-0.3, -0.25) is 4.79 Å². The van der Waals surface area contributed by atoms with Crippen molar-refractivity contribution in [3.63, 3.8) is 0 Å². The van der Waals surface area contributed by atoms with E-state index in [2.05, 4.69) is 5.32 Å². The molecule has 2 rings (SSSR count). The standard InChI is InChI=1S/C13H12N2O3S/c14-11(10-6-3-7-19-10)12(16)15-9-5-2-1-4-8(9)13(17)18/h1-7,11H,14H2,(H,15,16)(H,17,18). The minimum Gasteiger partial charge on any atom is -0.478 e. The van der Waals surface area contributed by atoms with Crippen LogP contribution in [0.1, 0.15) is 21.3 Å². The zero-order valence-corrected chi connectivity index (χ0v) is 10.7. The number of carboxylic acid groups (broad SMARTS) is 1. The van der Waals surface area contributed by atoms with Crippen molar-refractivity contribution in [3.8, 4) is 0 Å². The number of para-hydroxylation sites is 1. The molecule has 0 radical (unpaired) electrons. The van der Waals surface area contributed by atoms with Crippen LogP contribution in [0.3, 0.4) is 0 Å². The number of hydrogen-bond donors (Lipinski definition) is 3. The number of benzene rings is 1. The van der Waals surface area contributed by atoms with Crippen molar-refractivity contribution in [1.82, 2.24) is 0 Å². The van der Waals surface area contributed by atoms with Gasteiger partial charge in [0.2, 0.25) is 5.91 Å². The Bertz CT molecular complexity index is 596. The number of nitrogens with one attached hydrogen (secondary N) is 1. The van der Waals surface area contributed by atoms with E-state index >= 15 is 0 Å². The van der Waals surface area contributed by atoms with Crippen LogP contribution in [0, 0.1) is 0 Å². The number of thiophene rings is 1. The Morgan fingerprint density at radius 3 is 2.58 bits per heavy atom. The van der Waals surface area contributed by atoms with E-state index < -0.39 is 17.9 Å². The normalized spacial score (nSPS) is 11.8. The smallest absolute Gasteiger partial charge is 0.337 e. The molecule has 0 aliphatic carbocycles. The van der Waals surface area contributed by atoms with Crippen molar-refractivity contribution in [2.45, 2.75) is 6.04 Å². The third-order valence-corrected chi connectivity index (χ3v) is 3.50. The van der Waals surface area contributed by atoms with E-state index in [1.165, 1.54) is 23.5 Å². The topological polar surface area (TPSA) is 92.4 Å². The second-order valence-corrected chi connectivity index (χ2v) is 4.81. The maximum Gasteiger partial charge on any atom is 0.337 e. The number of rotatable bonds is 4. The molecule has 19 heavy (non-hydrogen) atoms. The molecule has 5 nitrogen and oxygen atoms in total. The minimum atomic E-state index is -1.10. The van der Waals surface area contributed by atoms with Crippen LogP contribution in [0.2, 0.25) is 0 Å². The van der Waals surface area contributed by atoms with Crippen LogP contribution in [0.5, 0.6) is 0 Å². The molecule has 1 aromatic carbocycles. The van der Waals surface area contributed by atoms with Gasteiger partial charge in [-0.25, -0.2) is 4.79 Å². The van der Waals surface area contributed by atoms with Gasteiger partial charge in [0.05, 0.1) is 11.3 Å². The lowest BCUT2D eigenvalue weighted by Crippen LogP contribution is -2.27. The Morgan fingerprint density at radius 1 is 1.21 bits per heavy atom. The summed E-state index contributed by atoms with van der Waals surface area (Å²) in [5.41, 5.74) is 6.09. The molecule has 4 N–H and O–H groups in total. The lowest BCUT2D eigenvalue weighted by molar-refractivity contribution is -0.117. The van der Waals surface area contributed by atoms with E-state index in [0.717, 1.165) is 4.88 Å². The molecule has 0 spiro atoms. The quantitative estimate of drug-likeness (QED) is 0.797. The van der Waals surface area contributed by atoms with Crippen LogP contribution in [0.4, 0.5) is 5.69 Å². The molecule has 0 aliphatic heterocycles. The first-order valence-corrected chi connectivity index (χ1v) is 6.39. The van der Waals surface area contributed by atoms with Crippen LogP contribution in [-0.4, -0.2) is 17.0 Å². The first kappa shape index (κ1) is 13.3. The largest absolute Gasteiger partial charge is 0.478 e. The zero-order valence-electron chi connectivity index (χ0n) is 9.87. The number of amides is 1. The van der Waals surface area contributed by atoms with Gasteiger partial charge in [-0.15, -0.1) is 11.3 Å². The number of nitrogens with two attached hydrogens (primary N) is 1. The first-order valence-electron chi connectivity index (χ1n) is 5.52. The Balaban J connectivity index is 2.18. The Kier molecular flexibility index (Phi) is 3.94. The first-order chi connectivity index (χ1) is 9.09. The molecule has 2 aromatic rings. The van der Waals surface area contributed by atoms with Crippen LogP contribution in [0.15, 0.2) is 41.8 Å².